The first-order valence-electron chi connectivity index (χ1n) is 7.42. The zero-order valence-electron chi connectivity index (χ0n) is 12.6. The quantitative estimate of drug-likeness (QED) is 0.570. The Morgan fingerprint density at radius 2 is 2.05 bits per heavy atom. The van der Waals surface area contributed by atoms with Crippen LogP contribution in [0.15, 0.2) is 18.2 Å². The third-order valence-electron chi connectivity index (χ3n) is 4.08. The van der Waals surface area contributed by atoms with E-state index in [9.17, 15) is 20.0 Å². The molecule has 1 aromatic carbocycles. The van der Waals surface area contributed by atoms with Gasteiger partial charge in [0.05, 0.1) is 16.1 Å². The number of hydrogen-bond donors (Lipinski definition) is 3. The molecule has 1 aliphatic rings. The van der Waals surface area contributed by atoms with Gasteiger partial charge in [-0.15, -0.1) is 0 Å². The van der Waals surface area contributed by atoms with Gasteiger partial charge in [0.15, 0.2) is 0 Å². The summed E-state index contributed by atoms with van der Waals surface area (Å²) in [5.74, 6) is -0.401. The molecule has 0 spiro atoms. The number of benzene rings is 1. The summed E-state index contributed by atoms with van der Waals surface area (Å²) in [6.45, 7) is 0.328. The van der Waals surface area contributed by atoms with Crippen LogP contribution in [0.2, 0.25) is 0 Å². The second kappa shape index (κ2) is 6.74. The molecular weight excluding hydrogens is 286 g/mol. The average Bonchev–Trinajstić information content (AvgIpc) is 2.52. The van der Waals surface area contributed by atoms with Crippen molar-refractivity contribution in [1.29, 1.82) is 0 Å². The number of rotatable bonds is 5. The van der Waals surface area contributed by atoms with E-state index in [1.54, 1.807) is 0 Å². The maximum atomic E-state index is 11.9. The van der Waals surface area contributed by atoms with E-state index < -0.39 is 16.4 Å². The fourth-order valence-corrected chi connectivity index (χ4v) is 2.77. The van der Waals surface area contributed by atoms with Gasteiger partial charge in [-0.25, -0.2) is 0 Å². The molecule has 22 heavy (non-hydrogen) atoms. The van der Waals surface area contributed by atoms with Crippen molar-refractivity contribution in [3.63, 3.8) is 0 Å². The Balaban J connectivity index is 2.18. The molecule has 0 saturated heterocycles. The predicted octanol–water partition coefficient (Wildman–Crippen LogP) is 2.06. The lowest BCUT2D eigenvalue weighted by Crippen LogP contribution is -2.39. The van der Waals surface area contributed by atoms with Crippen LogP contribution in [-0.2, 0) is 0 Å². The number of carbonyl (C=O) groups is 1. The van der Waals surface area contributed by atoms with Gasteiger partial charge in [-0.2, -0.15) is 0 Å². The number of non-ortho nitro benzene ring substituents is 1. The molecule has 1 saturated carbocycles. The van der Waals surface area contributed by atoms with Gasteiger partial charge in [0, 0.05) is 31.4 Å². The minimum Gasteiger partial charge on any atom is -0.388 e. The lowest BCUT2D eigenvalue weighted by molar-refractivity contribution is -0.384. The molecule has 0 aliphatic heterocycles. The molecule has 1 amide bonds. The zero-order valence-corrected chi connectivity index (χ0v) is 12.6. The average molecular weight is 307 g/mol. The topological polar surface area (TPSA) is 104 Å². The van der Waals surface area contributed by atoms with E-state index in [4.69, 9.17) is 0 Å². The van der Waals surface area contributed by atoms with Crippen LogP contribution in [0.5, 0.6) is 0 Å². The molecule has 0 radical (unpaired) electrons. The Labute approximate surface area is 128 Å². The smallest absolute Gasteiger partial charge is 0.270 e. The molecule has 1 aliphatic carbocycles. The highest BCUT2D eigenvalue weighted by Crippen LogP contribution is 2.29. The van der Waals surface area contributed by atoms with Crippen molar-refractivity contribution >= 4 is 17.3 Å². The minimum atomic E-state index is -0.778. The Morgan fingerprint density at radius 3 is 2.64 bits per heavy atom. The molecule has 3 N–H and O–H groups in total. The van der Waals surface area contributed by atoms with E-state index >= 15 is 0 Å². The van der Waals surface area contributed by atoms with Crippen LogP contribution in [0, 0.1) is 10.1 Å². The van der Waals surface area contributed by atoms with Crippen LogP contribution in [0.3, 0.4) is 0 Å². The highest BCUT2D eigenvalue weighted by molar-refractivity contribution is 6.00. The zero-order chi connectivity index (χ0) is 16.2. The second-order valence-electron chi connectivity index (χ2n) is 5.70. The number of carbonyl (C=O) groups excluding carboxylic acids is 1. The Bertz CT molecular complexity index is 568. The van der Waals surface area contributed by atoms with E-state index in [0.29, 0.717) is 12.2 Å². The van der Waals surface area contributed by atoms with Gasteiger partial charge in [-0.05, 0) is 18.9 Å². The molecule has 1 aromatic rings. The van der Waals surface area contributed by atoms with Crippen LogP contribution in [-0.4, -0.2) is 35.1 Å². The summed E-state index contributed by atoms with van der Waals surface area (Å²) in [6, 6.07) is 4.10. The first kappa shape index (κ1) is 16.2. The van der Waals surface area contributed by atoms with E-state index in [1.807, 2.05) is 0 Å². The van der Waals surface area contributed by atoms with Crippen LogP contribution < -0.4 is 10.6 Å². The number of aliphatic hydroxyl groups is 1. The number of nitrogens with one attached hydrogen (secondary N) is 2. The van der Waals surface area contributed by atoms with Crippen molar-refractivity contribution in [2.75, 3.05) is 18.9 Å². The molecular formula is C15H21N3O4. The first-order chi connectivity index (χ1) is 10.4. The molecule has 120 valence electrons. The number of hydrogen-bond acceptors (Lipinski definition) is 5. The lowest BCUT2D eigenvalue weighted by atomic mass is 9.85. The molecule has 2 rings (SSSR count). The standard InChI is InChI=1S/C15H21N3O4/c1-16-14(19)12-9-11(18(21)22)5-6-13(12)17-10-15(20)7-3-2-4-8-15/h5-6,9,17,20H,2-4,7-8,10H2,1H3,(H,16,19). The van der Waals surface area contributed by atoms with Gasteiger partial charge >= 0.3 is 0 Å². The van der Waals surface area contributed by atoms with Crippen LogP contribution in [0.25, 0.3) is 0 Å². The van der Waals surface area contributed by atoms with Crippen molar-refractivity contribution in [2.45, 2.75) is 37.7 Å². The maximum Gasteiger partial charge on any atom is 0.270 e. The molecule has 0 heterocycles. The second-order valence-corrected chi connectivity index (χ2v) is 5.70. The van der Waals surface area contributed by atoms with Gasteiger partial charge < -0.3 is 15.7 Å². The Hall–Kier alpha value is -2.15. The summed E-state index contributed by atoms with van der Waals surface area (Å²) in [6.07, 6.45) is 4.55. The van der Waals surface area contributed by atoms with Gasteiger partial charge in [0.25, 0.3) is 11.6 Å². The monoisotopic (exact) mass is 307 g/mol. The number of nitro groups is 1. The minimum absolute atomic E-state index is 0.138. The normalized spacial score (nSPS) is 16.8. The molecule has 0 unspecified atom stereocenters. The SMILES string of the molecule is CNC(=O)c1cc([N+](=O)[O-])ccc1NCC1(O)CCCCC1. The van der Waals surface area contributed by atoms with Crippen molar-refractivity contribution in [2.24, 2.45) is 0 Å². The van der Waals surface area contributed by atoms with Crippen molar-refractivity contribution in [3.05, 3.63) is 33.9 Å². The van der Waals surface area contributed by atoms with E-state index in [0.717, 1.165) is 32.1 Å². The van der Waals surface area contributed by atoms with E-state index in [2.05, 4.69) is 10.6 Å². The van der Waals surface area contributed by atoms with E-state index in [1.165, 1.54) is 25.2 Å². The molecule has 0 bridgehead atoms. The van der Waals surface area contributed by atoms with Crippen LogP contribution >= 0.6 is 0 Å². The van der Waals surface area contributed by atoms with Gasteiger partial charge in [0.1, 0.15) is 0 Å². The summed E-state index contributed by atoms with van der Waals surface area (Å²) < 4.78 is 0. The number of amides is 1. The van der Waals surface area contributed by atoms with E-state index in [-0.39, 0.29) is 11.3 Å². The fraction of sp³-hybridized carbons (Fsp3) is 0.533. The predicted molar refractivity (Wildman–Crippen MR) is 83.0 cm³/mol. The molecule has 7 nitrogen and oxygen atoms in total. The summed E-state index contributed by atoms with van der Waals surface area (Å²) in [7, 11) is 1.47. The van der Waals surface area contributed by atoms with Gasteiger partial charge in [-0.3, -0.25) is 14.9 Å². The summed E-state index contributed by atoms with van der Waals surface area (Å²) in [5.41, 5.74) is -0.222. The highest BCUT2D eigenvalue weighted by atomic mass is 16.6. The highest BCUT2D eigenvalue weighted by Gasteiger charge is 2.29. The molecule has 0 atom stereocenters. The first-order valence-corrected chi connectivity index (χ1v) is 7.42. The molecule has 1 fully saturated rings. The van der Waals surface area contributed by atoms with Crippen molar-refractivity contribution < 1.29 is 14.8 Å². The third-order valence-corrected chi connectivity index (χ3v) is 4.08. The van der Waals surface area contributed by atoms with Gasteiger partial charge in [-0.1, -0.05) is 19.3 Å². The van der Waals surface area contributed by atoms with Crippen LogP contribution in [0.4, 0.5) is 11.4 Å². The number of anilines is 1. The fourth-order valence-electron chi connectivity index (χ4n) is 2.77. The summed E-state index contributed by atoms with van der Waals surface area (Å²) >= 11 is 0. The largest absolute Gasteiger partial charge is 0.388 e. The Morgan fingerprint density at radius 1 is 1.36 bits per heavy atom. The Kier molecular flexibility index (Phi) is 4.97. The van der Waals surface area contributed by atoms with Crippen molar-refractivity contribution in [3.8, 4) is 0 Å². The molecule has 7 heteroatoms. The summed E-state index contributed by atoms with van der Waals surface area (Å²) in [5, 5.41) is 26.9. The number of nitro benzene ring substituents is 1. The van der Waals surface area contributed by atoms with Gasteiger partial charge in [0.2, 0.25) is 0 Å². The lowest BCUT2D eigenvalue weighted by Gasteiger charge is -2.32. The van der Waals surface area contributed by atoms with Crippen molar-refractivity contribution in [1.82, 2.24) is 5.32 Å². The maximum absolute atomic E-state index is 11.9. The number of nitrogens with zero attached hydrogens (tertiary/aromatic N) is 1. The summed E-state index contributed by atoms with van der Waals surface area (Å²) in [4.78, 5) is 22.2. The molecule has 0 aromatic heterocycles. The van der Waals surface area contributed by atoms with Crippen LogP contribution in [0.1, 0.15) is 42.5 Å². The third kappa shape index (κ3) is 3.73.